The van der Waals surface area contributed by atoms with Crippen molar-refractivity contribution in [1.29, 1.82) is 0 Å². The second-order valence-electron chi connectivity index (χ2n) is 7.10. The third-order valence-electron chi connectivity index (χ3n) is 5.15. The number of hydrogen-bond donors (Lipinski definition) is 2. The van der Waals surface area contributed by atoms with Crippen LogP contribution in [0.15, 0.2) is 47.5 Å². The normalized spacial score (nSPS) is 15.6. The van der Waals surface area contributed by atoms with Gasteiger partial charge in [-0.05, 0) is 56.0 Å². The molecular formula is C22H28F2N4. The third-order valence-corrected chi connectivity index (χ3v) is 5.15. The number of rotatable bonds is 6. The molecule has 1 heterocycles. The molecule has 1 unspecified atom stereocenters. The van der Waals surface area contributed by atoms with Crippen molar-refractivity contribution in [2.45, 2.75) is 32.2 Å². The summed E-state index contributed by atoms with van der Waals surface area (Å²) in [5, 5.41) is 6.49. The summed E-state index contributed by atoms with van der Waals surface area (Å²) in [6.45, 7) is 4.69. The van der Waals surface area contributed by atoms with Crippen molar-refractivity contribution in [1.82, 2.24) is 10.6 Å². The summed E-state index contributed by atoms with van der Waals surface area (Å²) in [6.07, 6.45) is 2.74. The van der Waals surface area contributed by atoms with Crippen LogP contribution in [0.1, 0.15) is 36.9 Å². The molecule has 1 saturated heterocycles. The van der Waals surface area contributed by atoms with Crippen molar-refractivity contribution in [2.24, 2.45) is 4.99 Å². The highest BCUT2D eigenvalue weighted by molar-refractivity contribution is 5.80. The molecule has 0 amide bonds. The lowest BCUT2D eigenvalue weighted by atomic mass is 10.1. The number of aliphatic imine (C=N–C) groups is 1. The van der Waals surface area contributed by atoms with E-state index in [1.54, 1.807) is 7.05 Å². The Balaban J connectivity index is 1.56. The van der Waals surface area contributed by atoms with E-state index in [1.165, 1.54) is 42.3 Å². The van der Waals surface area contributed by atoms with Crippen molar-refractivity contribution in [3.8, 4) is 0 Å². The summed E-state index contributed by atoms with van der Waals surface area (Å²) < 4.78 is 27.5. The van der Waals surface area contributed by atoms with Crippen molar-refractivity contribution < 1.29 is 8.78 Å². The minimum Gasteiger partial charge on any atom is -0.372 e. The van der Waals surface area contributed by atoms with Crippen LogP contribution in [0.3, 0.4) is 0 Å². The summed E-state index contributed by atoms with van der Waals surface area (Å²) in [4.78, 5) is 6.63. The van der Waals surface area contributed by atoms with E-state index in [2.05, 4.69) is 51.7 Å². The second-order valence-corrected chi connectivity index (χ2v) is 7.10. The average molecular weight is 386 g/mol. The van der Waals surface area contributed by atoms with Gasteiger partial charge in [0.1, 0.15) is 11.6 Å². The lowest BCUT2D eigenvalue weighted by Gasteiger charge is -2.22. The Labute approximate surface area is 165 Å². The van der Waals surface area contributed by atoms with Crippen LogP contribution in [0.25, 0.3) is 0 Å². The van der Waals surface area contributed by atoms with Gasteiger partial charge >= 0.3 is 0 Å². The van der Waals surface area contributed by atoms with Gasteiger partial charge < -0.3 is 15.5 Å². The largest absolute Gasteiger partial charge is 0.372 e. The first-order valence-corrected chi connectivity index (χ1v) is 9.83. The molecule has 150 valence electrons. The maximum atomic E-state index is 13.7. The number of halogens is 2. The fraction of sp³-hybridized carbons (Fsp3) is 0.409. The van der Waals surface area contributed by atoms with Crippen LogP contribution in [-0.4, -0.2) is 32.6 Å². The van der Waals surface area contributed by atoms with E-state index in [4.69, 9.17) is 0 Å². The number of nitrogens with zero attached hydrogens (tertiary/aromatic N) is 2. The molecule has 1 atom stereocenters. The lowest BCUT2D eigenvalue weighted by Crippen LogP contribution is -2.39. The highest BCUT2D eigenvalue weighted by Crippen LogP contribution is 2.24. The Kier molecular flexibility index (Phi) is 6.85. The Morgan fingerprint density at radius 3 is 2.46 bits per heavy atom. The van der Waals surface area contributed by atoms with Crippen LogP contribution < -0.4 is 15.5 Å². The molecule has 4 nitrogen and oxygen atoms in total. The van der Waals surface area contributed by atoms with E-state index in [0.29, 0.717) is 12.5 Å². The predicted molar refractivity (Wildman–Crippen MR) is 111 cm³/mol. The van der Waals surface area contributed by atoms with Crippen molar-refractivity contribution in [3.05, 3.63) is 65.2 Å². The molecule has 0 aliphatic carbocycles. The van der Waals surface area contributed by atoms with Gasteiger partial charge in [-0.15, -0.1) is 0 Å². The number of anilines is 1. The maximum Gasteiger partial charge on any atom is 0.191 e. The quantitative estimate of drug-likeness (QED) is 0.582. The molecule has 0 spiro atoms. The molecule has 0 bridgehead atoms. The van der Waals surface area contributed by atoms with Gasteiger partial charge in [0.15, 0.2) is 5.96 Å². The second kappa shape index (κ2) is 9.53. The summed E-state index contributed by atoms with van der Waals surface area (Å²) in [5.41, 5.74) is 2.52. The van der Waals surface area contributed by atoms with Gasteiger partial charge in [-0.25, -0.2) is 8.78 Å². The van der Waals surface area contributed by atoms with E-state index in [1.807, 2.05) is 0 Å². The number of benzene rings is 2. The zero-order valence-corrected chi connectivity index (χ0v) is 16.5. The molecule has 3 rings (SSSR count). The first-order valence-electron chi connectivity index (χ1n) is 9.83. The molecule has 1 aliphatic heterocycles. The Morgan fingerprint density at radius 1 is 1.11 bits per heavy atom. The molecular weight excluding hydrogens is 358 g/mol. The Bertz CT molecular complexity index is 796. The third kappa shape index (κ3) is 5.00. The van der Waals surface area contributed by atoms with E-state index in [9.17, 15) is 8.78 Å². The highest BCUT2D eigenvalue weighted by atomic mass is 19.1. The van der Waals surface area contributed by atoms with Crippen LogP contribution in [0.2, 0.25) is 0 Å². The highest BCUT2D eigenvalue weighted by Gasteiger charge is 2.15. The summed E-state index contributed by atoms with van der Waals surface area (Å²) >= 11 is 0. The standard InChI is InChI=1S/C22H28F2N4/c1-16(17-7-5-8-18(15-17)28-13-3-4-14-28)27-22(25-2)26-12-11-19-20(23)9-6-10-21(19)24/h5-10,15-16H,3-4,11-14H2,1-2H3,(H2,25,26,27). The molecule has 2 N–H and O–H groups in total. The Hall–Kier alpha value is -2.63. The van der Waals surface area contributed by atoms with Gasteiger partial charge in [0.2, 0.25) is 0 Å². The van der Waals surface area contributed by atoms with Crippen LogP contribution in [0, 0.1) is 11.6 Å². The summed E-state index contributed by atoms with van der Waals surface area (Å²) in [5.74, 6) is -0.426. The molecule has 28 heavy (non-hydrogen) atoms. The van der Waals surface area contributed by atoms with Crippen LogP contribution in [0.4, 0.5) is 14.5 Å². The molecule has 6 heteroatoms. The van der Waals surface area contributed by atoms with Crippen molar-refractivity contribution >= 4 is 11.6 Å². The molecule has 0 aromatic heterocycles. The molecule has 0 radical (unpaired) electrons. The Morgan fingerprint density at radius 2 is 1.79 bits per heavy atom. The predicted octanol–water partition coefficient (Wildman–Crippen LogP) is 4.03. The monoisotopic (exact) mass is 386 g/mol. The van der Waals surface area contributed by atoms with Gasteiger partial charge in [0.05, 0.1) is 6.04 Å². The number of nitrogens with one attached hydrogen (secondary N) is 2. The molecule has 0 saturated carbocycles. The zero-order valence-electron chi connectivity index (χ0n) is 16.5. The molecule has 1 fully saturated rings. The SMILES string of the molecule is CN=C(NCCc1c(F)cccc1F)NC(C)c1cccc(N2CCCC2)c1. The van der Waals surface area contributed by atoms with Crippen molar-refractivity contribution in [3.63, 3.8) is 0 Å². The summed E-state index contributed by atoms with van der Waals surface area (Å²) in [7, 11) is 1.69. The topological polar surface area (TPSA) is 39.7 Å². The van der Waals surface area contributed by atoms with E-state index < -0.39 is 11.6 Å². The molecule has 2 aromatic rings. The average Bonchev–Trinajstić information content (AvgIpc) is 3.24. The first-order chi connectivity index (χ1) is 13.6. The van der Waals surface area contributed by atoms with E-state index in [0.717, 1.165) is 13.1 Å². The van der Waals surface area contributed by atoms with Gasteiger partial charge in [-0.2, -0.15) is 0 Å². The zero-order chi connectivity index (χ0) is 19.9. The summed E-state index contributed by atoms with van der Waals surface area (Å²) in [6, 6.07) is 12.5. The van der Waals surface area contributed by atoms with Gasteiger partial charge in [-0.1, -0.05) is 18.2 Å². The minimum absolute atomic E-state index is 0.0546. The van der Waals surface area contributed by atoms with Crippen LogP contribution >= 0.6 is 0 Å². The minimum atomic E-state index is -0.517. The number of hydrogen-bond acceptors (Lipinski definition) is 2. The fourth-order valence-electron chi connectivity index (χ4n) is 3.53. The van der Waals surface area contributed by atoms with Crippen molar-refractivity contribution in [2.75, 3.05) is 31.6 Å². The molecule has 1 aliphatic rings. The van der Waals surface area contributed by atoms with Gasteiger partial charge in [0, 0.05) is 37.9 Å². The number of guanidine groups is 1. The lowest BCUT2D eigenvalue weighted by molar-refractivity contribution is 0.552. The van der Waals surface area contributed by atoms with Crippen LogP contribution in [0.5, 0.6) is 0 Å². The van der Waals surface area contributed by atoms with Crippen LogP contribution in [-0.2, 0) is 6.42 Å². The van der Waals surface area contributed by atoms with Gasteiger partial charge in [-0.3, -0.25) is 4.99 Å². The smallest absolute Gasteiger partial charge is 0.191 e. The fourth-order valence-corrected chi connectivity index (χ4v) is 3.53. The molecule has 2 aromatic carbocycles. The first kappa shape index (κ1) is 20.1. The maximum absolute atomic E-state index is 13.7. The van der Waals surface area contributed by atoms with E-state index >= 15 is 0 Å². The van der Waals surface area contributed by atoms with Gasteiger partial charge in [0.25, 0.3) is 0 Å². The van der Waals surface area contributed by atoms with E-state index in [-0.39, 0.29) is 18.0 Å².